The molecule has 0 unspecified atom stereocenters. The van der Waals surface area contributed by atoms with Crippen LogP contribution >= 0.6 is 11.3 Å². The smallest absolute Gasteiger partial charge is 0.217 e. The van der Waals surface area contributed by atoms with Crippen LogP contribution in [0.3, 0.4) is 0 Å². The summed E-state index contributed by atoms with van der Waals surface area (Å²) in [6.07, 6.45) is 8.02. The van der Waals surface area contributed by atoms with Crippen molar-refractivity contribution in [3.05, 3.63) is 34.3 Å². The van der Waals surface area contributed by atoms with Crippen LogP contribution in [0.2, 0.25) is 0 Å². The van der Waals surface area contributed by atoms with Gasteiger partial charge in [-0.25, -0.2) is 4.98 Å². The molecule has 7 heteroatoms. The second-order valence-corrected chi connectivity index (χ2v) is 8.29. The van der Waals surface area contributed by atoms with Crippen LogP contribution < -0.4 is 5.32 Å². The first-order valence-corrected chi connectivity index (χ1v) is 10.1. The van der Waals surface area contributed by atoms with Crippen LogP contribution in [0.5, 0.6) is 0 Å². The van der Waals surface area contributed by atoms with Gasteiger partial charge in [0, 0.05) is 18.7 Å². The number of carbonyl (C=O) groups is 2. The zero-order valence-corrected chi connectivity index (χ0v) is 16.8. The standard InChI is InChI=1S/C20H28N2O4S/c1-13(21-14(2)23)19-22-16(12-27-19)6-4-5-7-17(24)10-15-11-18(25)8-9-20(15,3)26/h4-7,12-13,15,18,25-26H,8-11H2,1-3H3,(H,21,23)/b6-4-,7-5+/t13-,15+,18+,20+/m1/s1. The summed E-state index contributed by atoms with van der Waals surface area (Å²) >= 11 is 1.47. The first-order valence-electron chi connectivity index (χ1n) is 9.18. The van der Waals surface area contributed by atoms with E-state index in [1.54, 1.807) is 25.2 Å². The summed E-state index contributed by atoms with van der Waals surface area (Å²) < 4.78 is 0. The number of hydrogen-bond donors (Lipinski definition) is 3. The highest BCUT2D eigenvalue weighted by atomic mass is 32.1. The predicted molar refractivity (Wildman–Crippen MR) is 106 cm³/mol. The number of amides is 1. The van der Waals surface area contributed by atoms with Crippen molar-refractivity contribution in [2.24, 2.45) is 5.92 Å². The molecule has 0 aliphatic heterocycles. The largest absolute Gasteiger partial charge is 0.393 e. The Hall–Kier alpha value is -1.83. The van der Waals surface area contributed by atoms with Crippen molar-refractivity contribution in [2.45, 2.75) is 64.2 Å². The van der Waals surface area contributed by atoms with E-state index in [1.807, 2.05) is 12.3 Å². The fourth-order valence-corrected chi connectivity index (χ4v) is 4.03. The molecule has 0 spiro atoms. The van der Waals surface area contributed by atoms with Crippen molar-refractivity contribution in [1.29, 1.82) is 0 Å². The minimum atomic E-state index is -0.903. The lowest BCUT2D eigenvalue weighted by atomic mass is 9.73. The maximum atomic E-state index is 12.1. The Balaban J connectivity index is 1.86. The molecule has 1 fully saturated rings. The van der Waals surface area contributed by atoms with Crippen LogP contribution in [0.4, 0.5) is 0 Å². The van der Waals surface area contributed by atoms with Crippen LogP contribution in [0.1, 0.15) is 63.2 Å². The molecule has 0 saturated heterocycles. The number of rotatable bonds is 7. The maximum absolute atomic E-state index is 12.1. The van der Waals surface area contributed by atoms with Crippen molar-refractivity contribution in [3.63, 3.8) is 0 Å². The molecule has 1 amide bonds. The molecular weight excluding hydrogens is 364 g/mol. The summed E-state index contributed by atoms with van der Waals surface area (Å²) in [5, 5.41) is 25.7. The molecule has 1 aromatic rings. The first kappa shape index (κ1) is 21.5. The fraction of sp³-hybridized carbons (Fsp3) is 0.550. The number of allylic oxidation sites excluding steroid dienone is 3. The summed E-state index contributed by atoms with van der Waals surface area (Å²) in [5.41, 5.74) is -0.136. The molecule has 1 saturated carbocycles. The van der Waals surface area contributed by atoms with Crippen molar-refractivity contribution < 1.29 is 19.8 Å². The Morgan fingerprint density at radius 1 is 1.48 bits per heavy atom. The van der Waals surface area contributed by atoms with E-state index in [1.165, 1.54) is 24.3 Å². The van der Waals surface area contributed by atoms with Crippen LogP contribution in [0.25, 0.3) is 6.08 Å². The first-order chi connectivity index (χ1) is 12.7. The molecule has 0 aromatic carbocycles. The van der Waals surface area contributed by atoms with E-state index in [-0.39, 0.29) is 30.1 Å². The molecule has 0 bridgehead atoms. The number of hydrogen-bond acceptors (Lipinski definition) is 6. The van der Waals surface area contributed by atoms with Gasteiger partial charge in [0.2, 0.25) is 5.91 Å². The monoisotopic (exact) mass is 392 g/mol. The van der Waals surface area contributed by atoms with E-state index in [0.29, 0.717) is 19.3 Å². The predicted octanol–water partition coefficient (Wildman–Crippen LogP) is 2.78. The summed E-state index contributed by atoms with van der Waals surface area (Å²) in [5.74, 6) is -0.392. The van der Waals surface area contributed by atoms with Crippen molar-refractivity contribution in [2.75, 3.05) is 0 Å². The van der Waals surface area contributed by atoms with Gasteiger partial charge in [-0.1, -0.05) is 12.2 Å². The number of carbonyl (C=O) groups excluding carboxylic acids is 2. The third-order valence-corrected chi connectivity index (χ3v) is 5.90. The zero-order chi connectivity index (χ0) is 20.0. The Labute approximate surface area is 164 Å². The number of nitrogens with one attached hydrogen (secondary N) is 1. The summed E-state index contributed by atoms with van der Waals surface area (Å²) in [7, 11) is 0. The van der Waals surface area contributed by atoms with E-state index in [9.17, 15) is 19.8 Å². The second-order valence-electron chi connectivity index (χ2n) is 7.40. The Kier molecular flexibility index (Phi) is 7.47. The molecule has 1 heterocycles. The van der Waals surface area contributed by atoms with E-state index in [2.05, 4.69) is 10.3 Å². The number of ketones is 1. The number of aliphatic hydroxyl groups is 2. The quantitative estimate of drug-likeness (QED) is 0.489. The Morgan fingerprint density at radius 2 is 2.22 bits per heavy atom. The van der Waals surface area contributed by atoms with Crippen LogP contribution in [-0.2, 0) is 9.59 Å². The SMILES string of the molecule is CC(=O)N[C@H](C)c1nc(/C=C\C=C\C(=O)C[C@H]2C[C@@H](O)CC[C@]2(C)O)cs1. The third-order valence-electron chi connectivity index (χ3n) is 4.86. The lowest BCUT2D eigenvalue weighted by Gasteiger charge is -2.38. The second kappa shape index (κ2) is 9.39. The van der Waals surface area contributed by atoms with Gasteiger partial charge in [-0.3, -0.25) is 9.59 Å². The highest BCUT2D eigenvalue weighted by molar-refractivity contribution is 7.09. The van der Waals surface area contributed by atoms with Gasteiger partial charge < -0.3 is 15.5 Å². The molecule has 6 nitrogen and oxygen atoms in total. The average Bonchev–Trinajstić information content (AvgIpc) is 3.04. The molecule has 1 aliphatic carbocycles. The summed E-state index contributed by atoms with van der Waals surface area (Å²) in [6.45, 7) is 5.09. The highest BCUT2D eigenvalue weighted by Crippen LogP contribution is 2.36. The van der Waals surface area contributed by atoms with Crippen molar-refractivity contribution >= 4 is 29.1 Å². The van der Waals surface area contributed by atoms with Gasteiger partial charge in [-0.05, 0) is 51.2 Å². The van der Waals surface area contributed by atoms with Crippen LogP contribution in [0.15, 0.2) is 23.6 Å². The molecule has 1 aliphatic rings. The van der Waals surface area contributed by atoms with Crippen molar-refractivity contribution in [3.8, 4) is 0 Å². The van der Waals surface area contributed by atoms with E-state index >= 15 is 0 Å². The minimum Gasteiger partial charge on any atom is -0.393 e. The van der Waals surface area contributed by atoms with Gasteiger partial charge in [-0.2, -0.15) is 0 Å². The van der Waals surface area contributed by atoms with E-state index < -0.39 is 11.7 Å². The van der Waals surface area contributed by atoms with Gasteiger partial charge in [0.05, 0.1) is 23.4 Å². The van der Waals surface area contributed by atoms with Crippen molar-refractivity contribution in [1.82, 2.24) is 10.3 Å². The van der Waals surface area contributed by atoms with Gasteiger partial charge in [-0.15, -0.1) is 11.3 Å². The molecule has 0 radical (unpaired) electrons. The topological polar surface area (TPSA) is 99.5 Å². The normalized spacial score (nSPS) is 27.1. The van der Waals surface area contributed by atoms with Gasteiger partial charge in [0.25, 0.3) is 0 Å². The lowest BCUT2D eigenvalue weighted by molar-refractivity contribution is -0.121. The molecule has 3 N–H and O–H groups in total. The summed E-state index contributed by atoms with van der Waals surface area (Å²) in [6, 6.07) is -0.134. The van der Waals surface area contributed by atoms with Gasteiger partial charge >= 0.3 is 0 Å². The Morgan fingerprint density at radius 3 is 2.93 bits per heavy atom. The molecule has 27 heavy (non-hydrogen) atoms. The number of nitrogens with zero attached hydrogens (tertiary/aromatic N) is 1. The lowest BCUT2D eigenvalue weighted by Crippen LogP contribution is -2.42. The molecule has 4 atom stereocenters. The Bertz CT molecular complexity index is 723. The number of aromatic nitrogens is 1. The molecule has 148 valence electrons. The summed E-state index contributed by atoms with van der Waals surface area (Å²) in [4.78, 5) is 27.7. The van der Waals surface area contributed by atoms with Gasteiger partial charge in [0.15, 0.2) is 5.78 Å². The molecular formula is C20H28N2O4S. The number of aliphatic hydroxyl groups excluding tert-OH is 1. The zero-order valence-electron chi connectivity index (χ0n) is 16.0. The van der Waals surface area contributed by atoms with Crippen LogP contribution in [-0.4, -0.2) is 38.6 Å². The fourth-order valence-electron chi connectivity index (χ4n) is 3.24. The van der Waals surface area contributed by atoms with E-state index in [4.69, 9.17) is 0 Å². The third kappa shape index (κ3) is 6.68. The minimum absolute atomic E-state index is 0.0720. The van der Waals surface area contributed by atoms with E-state index in [0.717, 1.165) is 10.7 Å². The average molecular weight is 393 g/mol. The van der Waals surface area contributed by atoms with Crippen LogP contribution in [0, 0.1) is 5.92 Å². The molecule has 1 aromatic heterocycles. The number of thiazole rings is 1. The highest BCUT2D eigenvalue weighted by Gasteiger charge is 2.38. The van der Waals surface area contributed by atoms with Gasteiger partial charge in [0.1, 0.15) is 5.01 Å². The molecule has 2 rings (SSSR count). The maximum Gasteiger partial charge on any atom is 0.217 e.